The van der Waals surface area contributed by atoms with Crippen LogP contribution >= 0.6 is 11.3 Å². The maximum absolute atomic E-state index is 13.6. The van der Waals surface area contributed by atoms with E-state index in [0.717, 1.165) is 39.4 Å². The van der Waals surface area contributed by atoms with Gasteiger partial charge in [-0.15, -0.1) is 21.5 Å². The van der Waals surface area contributed by atoms with E-state index in [1.807, 2.05) is 52.3 Å². The summed E-state index contributed by atoms with van der Waals surface area (Å²) in [6, 6.07) is 8.15. The summed E-state index contributed by atoms with van der Waals surface area (Å²) >= 11 is 1.61. The van der Waals surface area contributed by atoms with E-state index >= 15 is 0 Å². The van der Waals surface area contributed by atoms with Crippen LogP contribution in [0.25, 0.3) is 33.2 Å². The number of thiophene rings is 1. The molecule has 0 N–H and O–H groups in total. The number of hydrogen-bond donors (Lipinski definition) is 0. The number of rotatable bonds is 5. The van der Waals surface area contributed by atoms with Gasteiger partial charge in [0.25, 0.3) is 5.91 Å². The highest BCUT2D eigenvalue weighted by atomic mass is 32.1. The lowest BCUT2D eigenvalue weighted by atomic mass is 9.93. The number of aromatic nitrogens is 6. The number of hydrogen-bond acceptors (Lipinski definition) is 7. The Morgan fingerprint density at radius 1 is 1.26 bits per heavy atom. The van der Waals surface area contributed by atoms with Crippen molar-refractivity contribution in [3.8, 4) is 39.0 Å². The molecule has 4 heterocycles. The number of aryl methyl sites for hydroxylation is 2. The van der Waals surface area contributed by atoms with Crippen LogP contribution < -0.4 is 4.74 Å². The van der Waals surface area contributed by atoms with Crippen molar-refractivity contribution >= 4 is 17.2 Å². The van der Waals surface area contributed by atoms with E-state index in [9.17, 15) is 4.79 Å². The predicted octanol–water partition coefficient (Wildman–Crippen LogP) is 4.39. The largest absolute Gasteiger partial charge is 0.496 e. The van der Waals surface area contributed by atoms with Crippen molar-refractivity contribution < 1.29 is 9.53 Å². The molecule has 0 atom stereocenters. The first-order chi connectivity index (χ1) is 16.7. The lowest BCUT2D eigenvalue weighted by Crippen LogP contribution is -2.43. The van der Waals surface area contributed by atoms with Crippen molar-refractivity contribution in [3.63, 3.8) is 0 Å². The number of nitrogens with zero attached hydrogens (tertiary/aromatic N) is 7. The molecule has 0 aliphatic carbocycles. The summed E-state index contributed by atoms with van der Waals surface area (Å²) in [7, 11) is 3.48. The van der Waals surface area contributed by atoms with E-state index < -0.39 is 0 Å². The van der Waals surface area contributed by atoms with Crippen molar-refractivity contribution in [2.24, 2.45) is 0 Å². The number of amides is 1. The molecule has 9 nitrogen and oxygen atoms in total. The maximum atomic E-state index is 13.6. The van der Waals surface area contributed by atoms with Crippen molar-refractivity contribution in [1.82, 2.24) is 34.7 Å². The van der Waals surface area contributed by atoms with E-state index in [4.69, 9.17) is 9.72 Å². The maximum Gasteiger partial charge on any atom is 0.290 e. The van der Waals surface area contributed by atoms with Gasteiger partial charge in [0.15, 0.2) is 5.82 Å². The molecule has 0 unspecified atom stereocenters. The van der Waals surface area contributed by atoms with Crippen LogP contribution in [0.3, 0.4) is 0 Å². The average Bonchev–Trinajstić information content (AvgIpc) is 3.60. The molecule has 5 rings (SSSR count). The molecule has 1 aliphatic rings. The first-order valence-corrected chi connectivity index (χ1v) is 12.5. The molecule has 1 aromatic carbocycles. The molecular formula is C25H29N7O2S. The number of imidazole rings is 1. The van der Waals surface area contributed by atoms with Crippen LogP contribution in [0.15, 0.2) is 29.6 Å². The molecule has 3 aromatic heterocycles. The normalized spacial score (nSPS) is 12.9. The number of tetrazole rings is 1. The third kappa shape index (κ3) is 3.91. The molecule has 0 spiro atoms. The summed E-state index contributed by atoms with van der Waals surface area (Å²) in [4.78, 5) is 22.8. The summed E-state index contributed by atoms with van der Waals surface area (Å²) in [5.74, 6) is 1.57. The number of methoxy groups -OCH3 is 1. The van der Waals surface area contributed by atoms with Crippen molar-refractivity contribution in [3.05, 3.63) is 41.0 Å². The number of fused-ring (bicyclic) bond motifs is 3. The molecular weight excluding hydrogens is 462 g/mol. The fraction of sp³-hybridized carbons (Fsp3) is 0.400. The topological polar surface area (TPSA) is 91.0 Å². The van der Waals surface area contributed by atoms with E-state index in [2.05, 4.69) is 32.1 Å². The SMILES string of the molecule is CCn1nnc(-c2cc3c(cc2OC)CCn2c(C(=O)N(C)C(C)(C)C)nc(-c4cccs4)c2-3)n1. The Kier molecular flexibility index (Phi) is 5.71. The van der Waals surface area contributed by atoms with E-state index in [0.29, 0.717) is 30.5 Å². The predicted molar refractivity (Wildman–Crippen MR) is 136 cm³/mol. The Bertz CT molecular complexity index is 1400. The number of benzene rings is 1. The van der Waals surface area contributed by atoms with Crippen molar-refractivity contribution in [2.45, 2.75) is 52.7 Å². The van der Waals surface area contributed by atoms with Gasteiger partial charge >= 0.3 is 0 Å². The average molecular weight is 492 g/mol. The van der Waals surface area contributed by atoms with Gasteiger partial charge in [-0.05, 0) is 68.5 Å². The highest BCUT2D eigenvalue weighted by Crippen LogP contribution is 2.43. The van der Waals surface area contributed by atoms with Crippen LogP contribution in [-0.2, 0) is 19.5 Å². The standard InChI is InChI=1S/C25H29N7O2S/c1-7-32-28-22(27-29-32)17-14-16-15(13-18(17)34-6)10-11-31-21(16)20(19-9-8-12-35-19)26-23(31)24(33)30(5)25(2,3)4/h8-9,12-14H,7,10-11H2,1-6H3. The summed E-state index contributed by atoms with van der Waals surface area (Å²) in [5, 5.41) is 14.9. The quantitative estimate of drug-likeness (QED) is 0.411. The van der Waals surface area contributed by atoms with Crippen LogP contribution in [0.4, 0.5) is 0 Å². The zero-order chi connectivity index (χ0) is 24.9. The van der Waals surface area contributed by atoms with E-state index in [1.54, 1.807) is 28.1 Å². The van der Waals surface area contributed by atoms with Crippen molar-refractivity contribution in [2.75, 3.05) is 14.2 Å². The highest BCUT2D eigenvalue weighted by Gasteiger charge is 2.33. The fourth-order valence-electron chi connectivity index (χ4n) is 4.26. The molecule has 0 radical (unpaired) electrons. The van der Waals surface area contributed by atoms with Crippen LogP contribution in [0.5, 0.6) is 5.75 Å². The van der Waals surface area contributed by atoms with E-state index in [-0.39, 0.29) is 11.4 Å². The summed E-state index contributed by atoms with van der Waals surface area (Å²) < 4.78 is 7.78. The van der Waals surface area contributed by atoms with Crippen LogP contribution in [0.1, 0.15) is 43.9 Å². The minimum atomic E-state index is -0.323. The Balaban J connectivity index is 1.74. The van der Waals surface area contributed by atoms with Gasteiger partial charge in [0.05, 0.1) is 29.8 Å². The molecule has 182 valence electrons. The van der Waals surface area contributed by atoms with Gasteiger partial charge in [0, 0.05) is 24.7 Å². The zero-order valence-electron chi connectivity index (χ0n) is 20.9. The summed E-state index contributed by atoms with van der Waals surface area (Å²) in [5.41, 5.74) is 4.34. The fourth-order valence-corrected chi connectivity index (χ4v) is 4.97. The third-order valence-electron chi connectivity index (χ3n) is 6.49. The number of carbonyl (C=O) groups is 1. The molecule has 4 aromatic rings. The zero-order valence-corrected chi connectivity index (χ0v) is 21.7. The molecule has 10 heteroatoms. The van der Waals surface area contributed by atoms with Crippen LogP contribution in [-0.4, -0.2) is 60.3 Å². The van der Waals surface area contributed by atoms with Crippen LogP contribution in [0.2, 0.25) is 0 Å². The Morgan fingerprint density at radius 3 is 2.69 bits per heavy atom. The molecule has 0 bridgehead atoms. The van der Waals surface area contributed by atoms with Gasteiger partial charge in [-0.25, -0.2) is 4.98 Å². The first kappa shape index (κ1) is 23.2. The second-order valence-corrected chi connectivity index (χ2v) is 10.5. The molecule has 1 amide bonds. The smallest absolute Gasteiger partial charge is 0.290 e. The number of carbonyl (C=O) groups excluding carboxylic acids is 1. The summed E-state index contributed by atoms with van der Waals surface area (Å²) in [6.45, 7) is 9.32. The molecule has 35 heavy (non-hydrogen) atoms. The monoisotopic (exact) mass is 491 g/mol. The van der Waals surface area contributed by atoms with Gasteiger partial charge in [0.2, 0.25) is 5.82 Å². The van der Waals surface area contributed by atoms with Crippen molar-refractivity contribution in [1.29, 1.82) is 0 Å². The Hall–Kier alpha value is -3.53. The highest BCUT2D eigenvalue weighted by molar-refractivity contribution is 7.13. The lowest BCUT2D eigenvalue weighted by Gasteiger charge is -2.32. The lowest BCUT2D eigenvalue weighted by molar-refractivity contribution is 0.0638. The molecule has 0 saturated carbocycles. The number of ether oxygens (including phenoxy) is 1. The second-order valence-electron chi connectivity index (χ2n) is 9.56. The van der Waals surface area contributed by atoms with Crippen LogP contribution in [0, 0.1) is 0 Å². The first-order valence-electron chi connectivity index (χ1n) is 11.6. The minimum Gasteiger partial charge on any atom is -0.496 e. The van der Waals surface area contributed by atoms with E-state index in [1.165, 1.54) is 0 Å². The molecule has 0 saturated heterocycles. The summed E-state index contributed by atoms with van der Waals surface area (Å²) in [6.07, 6.45) is 0.758. The van der Waals surface area contributed by atoms with Gasteiger partial charge in [-0.3, -0.25) is 4.79 Å². The Labute approximate surface area is 208 Å². The van der Waals surface area contributed by atoms with Gasteiger partial charge in [-0.2, -0.15) is 4.80 Å². The van der Waals surface area contributed by atoms with Gasteiger partial charge in [0.1, 0.15) is 11.4 Å². The molecule has 1 aliphatic heterocycles. The minimum absolute atomic E-state index is 0.0914. The third-order valence-corrected chi connectivity index (χ3v) is 7.36. The van der Waals surface area contributed by atoms with Gasteiger partial charge in [-0.1, -0.05) is 6.07 Å². The Morgan fingerprint density at radius 2 is 2.06 bits per heavy atom. The second kappa shape index (κ2) is 8.60. The molecule has 0 fully saturated rings. The van der Waals surface area contributed by atoms with Gasteiger partial charge < -0.3 is 14.2 Å².